The number of rotatable bonds is 4. The van der Waals surface area contributed by atoms with E-state index in [1.807, 2.05) is 44.2 Å². The summed E-state index contributed by atoms with van der Waals surface area (Å²) in [5, 5.41) is 0. The second-order valence-corrected chi connectivity index (χ2v) is 4.27. The van der Waals surface area contributed by atoms with E-state index in [-0.39, 0.29) is 11.9 Å². The fourth-order valence-corrected chi connectivity index (χ4v) is 1.76. The molecule has 4 heteroatoms. The molecule has 0 bridgehead atoms. The molecule has 1 heterocycles. The molecule has 1 unspecified atom stereocenters. The van der Waals surface area contributed by atoms with Crippen LogP contribution in [0.2, 0.25) is 0 Å². The molecule has 1 atom stereocenters. The Hall–Kier alpha value is -1.65. The van der Waals surface area contributed by atoms with Crippen LogP contribution in [0.5, 0.6) is 0 Å². The van der Waals surface area contributed by atoms with Crippen molar-refractivity contribution in [1.82, 2.24) is 0 Å². The van der Waals surface area contributed by atoms with Crippen molar-refractivity contribution in [2.45, 2.75) is 25.9 Å². The number of methoxy groups -OCH3 is 1. The fraction of sp³-hybridized carbons (Fsp3) is 0.357. The third-order valence-corrected chi connectivity index (χ3v) is 2.53. The van der Waals surface area contributed by atoms with Crippen molar-refractivity contribution < 1.29 is 19.0 Å². The van der Waals surface area contributed by atoms with Crippen LogP contribution in [0.25, 0.3) is 5.76 Å². The van der Waals surface area contributed by atoms with Gasteiger partial charge in [-0.15, -0.1) is 0 Å². The Morgan fingerprint density at radius 2 is 1.89 bits per heavy atom. The van der Waals surface area contributed by atoms with Crippen LogP contribution in [0.15, 0.2) is 36.4 Å². The highest BCUT2D eigenvalue weighted by molar-refractivity contribution is 6.03. The highest BCUT2D eigenvalue weighted by Crippen LogP contribution is 2.33. The summed E-state index contributed by atoms with van der Waals surface area (Å²) in [4.78, 5) is 12.0. The second-order valence-electron chi connectivity index (χ2n) is 4.27. The first-order valence-corrected chi connectivity index (χ1v) is 5.81. The lowest BCUT2D eigenvalue weighted by molar-refractivity contribution is -0.323. The van der Waals surface area contributed by atoms with Crippen molar-refractivity contribution in [3.05, 3.63) is 42.0 Å². The molecule has 1 aliphatic heterocycles. The van der Waals surface area contributed by atoms with Gasteiger partial charge < -0.3 is 14.2 Å². The van der Waals surface area contributed by atoms with Crippen LogP contribution in [0, 0.1) is 0 Å². The van der Waals surface area contributed by atoms with Crippen molar-refractivity contribution in [3.63, 3.8) is 0 Å². The average molecular weight is 248 g/mol. The maximum Gasteiger partial charge on any atom is 0.395 e. The molecule has 0 fully saturated rings. The van der Waals surface area contributed by atoms with Crippen molar-refractivity contribution in [1.29, 1.82) is 0 Å². The van der Waals surface area contributed by atoms with Crippen molar-refractivity contribution in [2.75, 3.05) is 7.11 Å². The van der Waals surface area contributed by atoms with Crippen LogP contribution in [-0.2, 0) is 19.0 Å². The van der Waals surface area contributed by atoms with E-state index in [1.165, 1.54) is 13.2 Å². The standard InChI is InChI=1S/C14H16O4/c1-10(2)17-14(16-3)13(15)9-12(18-14)11-7-5-4-6-8-11/h4-10H,1-3H3. The van der Waals surface area contributed by atoms with Crippen molar-refractivity contribution in [2.24, 2.45) is 0 Å². The third-order valence-electron chi connectivity index (χ3n) is 2.53. The molecule has 0 amide bonds. The molecule has 1 aliphatic rings. The Labute approximate surface area is 106 Å². The molecular formula is C14H16O4. The zero-order chi connectivity index (χ0) is 13.2. The predicted octanol–water partition coefficient (Wildman–Crippen LogP) is 2.35. The molecule has 0 radical (unpaired) electrons. The molecular weight excluding hydrogens is 232 g/mol. The Morgan fingerprint density at radius 3 is 2.44 bits per heavy atom. The van der Waals surface area contributed by atoms with E-state index in [9.17, 15) is 4.79 Å². The van der Waals surface area contributed by atoms with E-state index in [4.69, 9.17) is 14.2 Å². The topological polar surface area (TPSA) is 44.8 Å². The molecule has 1 aromatic carbocycles. The number of ketones is 1. The summed E-state index contributed by atoms with van der Waals surface area (Å²) in [6.45, 7) is 3.63. The number of carbonyl (C=O) groups is 1. The van der Waals surface area contributed by atoms with E-state index in [0.29, 0.717) is 5.76 Å². The van der Waals surface area contributed by atoms with Gasteiger partial charge in [-0.05, 0) is 13.8 Å². The van der Waals surface area contributed by atoms with E-state index < -0.39 is 5.97 Å². The molecule has 4 nitrogen and oxygen atoms in total. The molecule has 0 saturated carbocycles. The highest BCUT2D eigenvalue weighted by Gasteiger charge is 2.48. The Morgan fingerprint density at radius 1 is 1.22 bits per heavy atom. The quantitative estimate of drug-likeness (QED) is 0.767. The smallest absolute Gasteiger partial charge is 0.395 e. The first kappa shape index (κ1) is 12.8. The molecule has 0 N–H and O–H groups in total. The van der Waals surface area contributed by atoms with Crippen molar-refractivity contribution >= 4 is 11.5 Å². The minimum atomic E-state index is -1.64. The Bertz CT molecular complexity index is 464. The van der Waals surface area contributed by atoms with Gasteiger partial charge in [-0.3, -0.25) is 4.79 Å². The summed E-state index contributed by atoms with van der Waals surface area (Å²) in [6, 6.07) is 9.37. The molecule has 18 heavy (non-hydrogen) atoms. The number of ether oxygens (including phenoxy) is 3. The van der Waals surface area contributed by atoms with Gasteiger partial charge in [-0.1, -0.05) is 30.3 Å². The van der Waals surface area contributed by atoms with E-state index in [1.54, 1.807) is 0 Å². The van der Waals surface area contributed by atoms with E-state index in [2.05, 4.69) is 0 Å². The lowest BCUT2D eigenvalue weighted by atomic mass is 10.2. The lowest BCUT2D eigenvalue weighted by Gasteiger charge is -2.27. The van der Waals surface area contributed by atoms with Crippen LogP contribution < -0.4 is 0 Å². The predicted molar refractivity (Wildman–Crippen MR) is 66.5 cm³/mol. The Kier molecular flexibility index (Phi) is 3.50. The number of hydrogen-bond acceptors (Lipinski definition) is 4. The van der Waals surface area contributed by atoms with E-state index >= 15 is 0 Å². The summed E-state index contributed by atoms with van der Waals surface area (Å²) in [6.07, 6.45) is 1.22. The first-order chi connectivity index (χ1) is 8.57. The fourth-order valence-electron chi connectivity index (χ4n) is 1.76. The summed E-state index contributed by atoms with van der Waals surface area (Å²) < 4.78 is 16.2. The first-order valence-electron chi connectivity index (χ1n) is 5.81. The molecule has 0 saturated heterocycles. The van der Waals surface area contributed by atoms with Crippen LogP contribution >= 0.6 is 0 Å². The molecule has 96 valence electrons. The third kappa shape index (κ3) is 2.30. The maximum absolute atomic E-state index is 12.0. The minimum absolute atomic E-state index is 0.183. The SMILES string of the molecule is COC1(OC(C)C)OC(c2ccccc2)=CC1=O. The summed E-state index contributed by atoms with van der Waals surface area (Å²) in [7, 11) is 1.39. The highest BCUT2D eigenvalue weighted by atomic mass is 16.9. The summed E-state index contributed by atoms with van der Waals surface area (Å²) in [5.74, 6) is -1.51. The van der Waals surface area contributed by atoms with Gasteiger partial charge in [-0.2, -0.15) is 0 Å². The molecule has 1 aromatic rings. The lowest BCUT2D eigenvalue weighted by Crippen LogP contribution is -2.43. The molecule has 0 spiro atoms. The Balaban J connectivity index is 2.25. The van der Waals surface area contributed by atoms with Crippen LogP contribution in [0.1, 0.15) is 19.4 Å². The van der Waals surface area contributed by atoms with Gasteiger partial charge in [-0.25, -0.2) is 0 Å². The van der Waals surface area contributed by atoms with Gasteiger partial charge in [0.2, 0.25) is 0 Å². The molecule has 2 rings (SSSR count). The summed E-state index contributed by atoms with van der Waals surface area (Å²) in [5.41, 5.74) is 0.817. The zero-order valence-electron chi connectivity index (χ0n) is 10.7. The van der Waals surface area contributed by atoms with E-state index in [0.717, 1.165) is 5.56 Å². The zero-order valence-corrected chi connectivity index (χ0v) is 10.7. The second kappa shape index (κ2) is 4.92. The monoisotopic (exact) mass is 248 g/mol. The molecule has 0 aromatic heterocycles. The van der Waals surface area contributed by atoms with Crippen LogP contribution in [0.3, 0.4) is 0 Å². The van der Waals surface area contributed by atoms with Gasteiger partial charge >= 0.3 is 5.97 Å². The minimum Gasteiger partial charge on any atom is -0.432 e. The van der Waals surface area contributed by atoms with Gasteiger partial charge in [0.05, 0.1) is 6.10 Å². The number of benzene rings is 1. The molecule has 0 aliphatic carbocycles. The number of hydrogen-bond donors (Lipinski definition) is 0. The van der Waals surface area contributed by atoms with Gasteiger partial charge in [0.15, 0.2) is 0 Å². The number of carbonyl (C=O) groups excluding carboxylic acids is 1. The average Bonchev–Trinajstić information content (AvgIpc) is 2.68. The summed E-state index contributed by atoms with van der Waals surface area (Å²) >= 11 is 0. The van der Waals surface area contributed by atoms with Gasteiger partial charge in [0, 0.05) is 18.7 Å². The van der Waals surface area contributed by atoms with Crippen LogP contribution in [0.4, 0.5) is 0 Å². The van der Waals surface area contributed by atoms with Gasteiger partial charge in [0.1, 0.15) is 5.76 Å². The largest absolute Gasteiger partial charge is 0.432 e. The van der Waals surface area contributed by atoms with Crippen LogP contribution in [-0.4, -0.2) is 25.0 Å². The van der Waals surface area contributed by atoms with Gasteiger partial charge in [0.25, 0.3) is 5.78 Å². The maximum atomic E-state index is 12.0. The normalized spacial score (nSPS) is 23.1. The van der Waals surface area contributed by atoms with Crippen molar-refractivity contribution in [3.8, 4) is 0 Å².